The second-order valence-electron chi connectivity index (χ2n) is 15.1. The molecular weight excluding hydrogens is 629 g/mol. The summed E-state index contributed by atoms with van der Waals surface area (Å²) in [6, 6.07) is 4.93. The lowest BCUT2D eigenvalue weighted by molar-refractivity contribution is -0.149. The number of ether oxygens (including phenoxy) is 2. The number of piperazine rings is 1. The monoisotopic (exact) mass is 686 g/mol. The SMILES string of the molecule is C=C/C=C/CCOC(=O)C1CN(C(=O)[C@H](Cc2cccc(O[Si](C)(C)C(C)(C)C)c2)NC(=O)[C@@H](NC(=O)OC(C)(C)C)C(C)C)CCN1. The van der Waals surface area contributed by atoms with Gasteiger partial charge in [0, 0.05) is 26.1 Å². The van der Waals surface area contributed by atoms with E-state index in [1.807, 2.05) is 30.3 Å². The number of carbonyl (C=O) groups excluding carboxylic acids is 4. The molecule has 3 atom stereocenters. The lowest BCUT2D eigenvalue weighted by Crippen LogP contribution is -2.61. The normalized spacial score (nSPS) is 17.0. The Morgan fingerprint density at radius 1 is 1.10 bits per heavy atom. The molecule has 2 rings (SSSR count). The van der Waals surface area contributed by atoms with Crippen molar-refractivity contribution in [2.24, 2.45) is 5.92 Å². The molecule has 1 heterocycles. The van der Waals surface area contributed by atoms with E-state index in [2.05, 4.69) is 56.4 Å². The topological polar surface area (TPSA) is 135 Å². The minimum Gasteiger partial charge on any atom is -0.543 e. The summed E-state index contributed by atoms with van der Waals surface area (Å²) in [7, 11) is -2.13. The van der Waals surface area contributed by atoms with Gasteiger partial charge in [0.2, 0.25) is 20.1 Å². The molecule has 1 fully saturated rings. The maximum Gasteiger partial charge on any atom is 0.408 e. The van der Waals surface area contributed by atoms with E-state index in [9.17, 15) is 19.2 Å². The lowest BCUT2D eigenvalue weighted by Gasteiger charge is -2.36. The van der Waals surface area contributed by atoms with Crippen LogP contribution in [0.1, 0.15) is 67.4 Å². The van der Waals surface area contributed by atoms with Crippen LogP contribution in [0.15, 0.2) is 49.1 Å². The molecule has 0 aromatic heterocycles. The minimum atomic E-state index is -2.13. The van der Waals surface area contributed by atoms with Crippen LogP contribution in [0.25, 0.3) is 0 Å². The van der Waals surface area contributed by atoms with Crippen LogP contribution in [0.4, 0.5) is 4.79 Å². The van der Waals surface area contributed by atoms with Gasteiger partial charge < -0.3 is 34.8 Å². The summed E-state index contributed by atoms with van der Waals surface area (Å²) in [6.07, 6.45) is 5.28. The summed E-state index contributed by atoms with van der Waals surface area (Å²) in [5.74, 6) is -0.893. The van der Waals surface area contributed by atoms with E-state index in [1.165, 1.54) is 0 Å². The largest absolute Gasteiger partial charge is 0.543 e. The lowest BCUT2D eigenvalue weighted by atomic mass is 10.0. The molecule has 12 heteroatoms. The average Bonchev–Trinajstić information content (AvgIpc) is 2.97. The van der Waals surface area contributed by atoms with Crippen LogP contribution in [0, 0.1) is 5.92 Å². The van der Waals surface area contributed by atoms with Crippen LogP contribution in [0.5, 0.6) is 5.75 Å². The zero-order valence-corrected chi connectivity index (χ0v) is 31.6. The standard InChI is InChI=1S/C36H58N4O7Si/c1-12-13-14-15-21-45-33(43)29-24-40(20-19-37-29)32(42)28(38-31(41)30(25(2)3)39-34(44)46-35(4,5)6)23-26-17-16-18-27(22-26)47-48(10,11)36(7,8)9/h12-14,16-18,22,25,28-30,37H,1,15,19-21,23-24H2,2-11H3,(H,38,41)(H,39,44)/b14-13+/t28-,29?,30-/m0/s1. The van der Waals surface area contributed by atoms with E-state index in [-0.39, 0.29) is 36.4 Å². The second-order valence-corrected chi connectivity index (χ2v) is 19.8. The van der Waals surface area contributed by atoms with Gasteiger partial charge in [0.25, 0.3) is 0 Å². The van der Waals surface area contributed by atoms with Crippen LogP contribution in [-0.4, -0.2) is 87.1 Å². The molecule has 0 bridgehead atoms. The average molecular weight is 687 g/mol. The number of nitrogens with zero attached hydrogens (tertiary/aromatic N) is 1. The predicted molar refractivity (Wildman–Crippen MR) is 191 cm³/mol. The van der Waals surface area contributed by atoms with Crippen LogP contribution >= 0.6 is 0 Å². The first-order valence-electron chi connectivity index (χ1n) is 16.8. The molecule has 0 radical (unpaired) electrons. The van der Waals surface area contributed by atoms with Gasteiger partial charge in [-0.3, -0.25) is 14.4 Å². The summed E-state index contributed by atoms with van der Waals surface area (Å²) in [4.78, 5) is 54.9. The van der Waals surface area contributed by atoms with Gasteiger partial charge in [-0.15, -0.1) is 0 Å². The highest BCUT2D eigenvalue weighted by Crippen LogP contribution is 2.37. The molecular formula is C36H58N4O7Si. The molecule has 48 heavy (non-hydrogen) atoms. The molecule has 1 unspecified atom stereocenters. The van der Waals surface area contributed by atoms with Gasteiger partial charge in [-0.1, -0.05) is 71.6 Å². The van der Waals surface area contributed by atoms with Gasteiger partial charge in [-0.05, 0) is 68.9 Å². The molecule has 0 aliphatic carbocycles. The summed E-state index contributed by atoms with van der Waals surface area (Å²) in [5, 5.41) is 8.71. The number of carbonyl (C=O) groups is 4. The molecule has 11 nitrogen and oxygen atoms in total. The van der Waals surface area contributed by atoms with Crippen molar-refractivity contribution in [3.63, 3.8) is 0 Å². The van der Waals surface area contributed by atoms with Crippen molar-refractivity contribution < 1.29 is 33.1 Å². The summed E-state index contributed by atoms with van der Waals surface area (Å²) in [6.45, 7) is 24.3. The van der Waals surface area contributed by atoms with E-state index in [0.717, 1.165) is 5.56 Å². The zero-order valence-electron chi connectivity index (χ0n) is 30.6. The van der Waals surface area contributed by atoms with Crippen LogP contribution in [0.3, 0.4) is 0 Å². The number of benzene rings is 1. The fraction of sp³-hybridized carbons (Fsp3) is 0.611. The van der Waals surface area contributed by atoms with E-state index in [1.54, 1.807) is 51.7 Å². The quantitative estimate of drug-likeness (QED) is 0.106. The number of alkyl carbamates (subject to hydrolysis) is 1. The van der Waals surface area contributed by atoms with Crippen molar-refractivity contribution in [3.8, 4) is 5.75 Å². The summed E-state index contributed by atoms with van der Waals surface area (Å²) < 4.78 is 17.3. The fourth-order valence-corrected chi connectivity index (χ4v) is 5.72. The van der Waals surface area contributed by atoms with Crippen molar-refractivity contribution in [1.82, 2.24) is 20.9 Å². The third-order valence-corrected chi connectivity index (χ3v) is 12.7. The Bertz CT molecular complexity index is 1300. The molecule has 3 N–H and O–H groups in total. The molecule has 268 valence electrons. The van der Waals surface area contributed by atoms with Crippen molar-refractivity contribution in [2.75, 3.05) is 26.2 Å². The summed E-state index contributed by atoms with van der Waals surface area (Å²) in [5.41, 5.74) is 0.0464. The van der Waals surface area contributed by atoms with Crippen LogP contribution < -0.4 is 20.4 Å². The van der Waals surface area contributed by atoms with Gasteiger partial charge in [0.05, 0.1) is 6.61 Å². The number of hydrogen-bond donors (Lipinski definition) is 3. The fourth-order valence-electron chi connectivity index (χ4n) is 4.70. The smallest absolute Gasteiger partial charge is 0.408 e. The third kappa shape index (κ3) is 13.1. The molecule has 1 aliphatic heterocycles. The van der Waals surface area contributed by atoms with E-state index >= 15 is 0 Å². The van der Waals surface area contributed by atoms with E-state index in [4.69, 9.17) is 13.9 Å². The second kappa shape index (κ2) is 17.7. The Labute approximate surface area is 288 Å². The number of rotatable bonds is 14. The van der Waals surface area contributed by atoms with E-state index < -0.39 is 50.0 Å². The van der Waals surface area contributed by atoms with Crippen molar-refractivity contribution in [3.05, 3.63) is 54.6 Å². The van der Waals surface area contributed by atoms with Crippen molar-refractivity contribution in [2.45, 2.75) is 110 Å². The number of nitrogens with one attached hydrogen (secondary N) is 3. The third-order valence-electron chi connectivity index (χ3n) is 8.33. The van der Waals surface area contributed by atoms with Crippen LogP contribution in [0.2, 0.25) is 18.1 Å². The maximum atomic E-state index is 14.2. The number of hydrogen-bond acceptors (Lipinski definition) is 8. The first-order chi connectivity index (χ1) is 22.2. The number of allylic oxidation sites excluding steroid dienone is 2. The highest BCUT2D eigenvalue weighted by atomic mass is 28.4. The Morgan fingerprint density at radius 2 is 1.79 bits per heavy atom. The molecule has 1 aromatic rings. The highest BCUT2D eigenvalue weighted by molar-refractivity contribution is 6.74. The zero-order chi connectivity index (χ0) is 36.3. The first kappa shape index (κ1) is 40.5. The van der Waals surface area contributed by atoms with Gasteiger partial charge >= 0.3 is 12.1 Å². The number of amides is 3. The first-order valence-corrected chi connectivity index (χ1v) is 19.7. The van der Waals surface area contributed by atoms with Crippen molar-refractivity contribution >= 4 is 32.2 Å². The minimum absolute atomic E-state index is 0.00917. The Morgan fingerprint density at radius 3 is 2.40 bits per heavy atom. The number of esters is 1. The van der Waals surface area contributed by atoms with Gasteiger partial charge in [-0.25, -0.2) is 4.79 Å². The maximum absolute atomic E-state index is 14.2. The molecule has 1 aliphatic rings. The van der Waals surface area contributed by atoms with Gasteiger partial charge in [0.1, 0.15) is 29.5 Å². The summed E-state index contributed by atoms with van der Waals surface area (Å²) >= 11 is 0. The Hall–Kier alpha value is -3.64. The molecule has 1 saturated heterocycles. The highest BCUT2D eigenvalue weighted by Gasteiger charge is 2.39. The molecule has 0 spiro atoms. The van der Waals surface area contributed by atoms with Gasteiger partial charge in [-0.2, -0.15) is 0 Å². The predicted octanol–water partition coefficient (Wildman–Crippen LogP) is 5.12. The molecule has 1 aromatic carbocycles. The molecule has 3 amide bonds. The Balaban J connectivity index is 2.33. The van der Waals surface area contributed by atoms with Gasteiger partial charge in [0.15, 0.2) is 0 Å². The Kier molecular flexibility index (Phi) is 14.9. The van der Waals surface area contributed by atoms with E-state index in [0.29, 0.717) is 25.3 Å². The van der Waals surface area contributed by atoms with Crippen molar-refractivity contribution in [1.29, 1.82) is 0 Å². The van der Waals surface area contributed by atoms with Crippen LogP contribution in [-0.2, 0) is 30.3 Å². The molecule has 0 saturated carbocycles.